The summed E-state index contributed by atoms with van der Waals surface area (Å²) in [6, 6.07) is 3.27. The number of methoxy groups -OCH3 is 1. The van der Waals surface area contributed by atoms with Crippen molar-refractivity contribution in [2.24, 2.45) is 17.1 Å². The van der Waals surface area contributed by atoms with Crippen molar-refractivity contribution in [2.45, 2.75) is 71.1 Å². The van der Waals surface area contributed by atoms with Gasteiger partial charge < -0.3 is 39.4 Å². The summed E-state index contributed by atoms with van der Waals surface area (Å²) in [4.78, 5) is 30.7. The molecule has 3 aliphatic heterocycles. The van der Waals surface area contributed by atoms with Crippen molar-refractivity contribution in [3.63, 3.8) is 0 Å². The maximum Gasteiger partial charge on any atom is 0.308 e. The Kier molecular flexibility index (Phi) is 10.7. The van der Waals surface area contributed by atoms with Gasteiger partial charge in [0, 0.05) is 37.0 Å². The van der Waals surface area contributed by atoms with Crippen LogP contribution in [0.3, 0.4) is 0 Å². The molecule has 11 heteroatoms. The lowest BCUT2D eigenvalue weighted by Gasteiger charge is -2.37. The molecule has 1 aromatic carbocycles. The number of hydrogen-bond donors (Lipinski definition) is 2. The van der Waals surface area contributed by atoms with E-state index in [1.165, 1.54) is 0 Å². The minimum atomic E-state index is -0.901. The average Bonchev–Trinajstić information content (AvgIpc) is 3.71. The van der Waals surface area contributed by atoms with E-state index in [9.17, 15) is 14.7 Å². The van der Waals surface area contributed by atoms with Gasteiger partial charge in [-0.1, -0.05) is 27.2 Å². The molecule has 2 fully saturated rings. The first-order valence-electron chi connectivity index (χ1n) is 14.9. The van der Waals surface area contributed by atoms with Crippen molar-refractivity contribution in [1.29, 1.82) is 0 Å². The predicted octanol–water partition coefficient (Wildman–Crippen LogP) is 3.05. The summed E-state index contributed by atoms with van der Waals surface area (Å²) in [5, 5.41) is 10.6. The van der Waals surface area contributed by atoms with E-state index in [2.05, 4.69) is 11.8 Å². The lowest BCUT2D eigenvalue weighted by atomic mass is 9.77. The van der Waals surface area contributed by atoms with Crippen LogP contribution in [0.25, 0.3) is 0 Å². The number of rotatable bonds is 15. The van der Waals surface area contributed by atoms with E-state index < -0.39 is 35.6 Å². The normalized spacial score (nSPS) is 22.8. The van der Waals surface area contributed by atoms with Gasteiger partial charge in [-0.3, -0.25) is 14.5 Å². The number of carbonyl (C=O) groups is 2. The van der Waals surface area contributed by atoms with E-state index in [0.29, 0.717) is 63.1 Å². The molecular formula is C30H47N3O8. The van der Waals surface area contributed by atoms with Crippen LogP contribution in [0.4, 0.5) is 0 Å². The number of nitrogens with two attached hydrogens (primary N) is 1. The zero-order valence-electron chi connectivity index (χ0n) is 24.9. The molecular weight excluding hydrogens is 530 g/mol. The number of unbranched alkanes of at least 4 members (excludes halogenated alkanes) is 2. The highest BCUT2D eigenvalue weighted by Crippen LogP contribution is 2.48. The molecule has 1 amide bonds. The Balaban J connectivity index is 1.65. The van der Waals surface area contributed by atoms with Gasteiger partial charge in [0.1, 0.15) is 0 Å². The average molecular weight is 578 g/mol. The summed E-state index contributed by atoms with van der Waals surface area (Å²) in [5.74, 6) is -0.491. The standard InChI is InChI=1S/C30H47N3O8/c1-5-6-10-32(11-8-7-9-31)25(34)18-33-17-21(20-14-23(37-4)27-24(15-20)40-19-41-27)26(28(35)36)22(33)16-30(2,3)29-38-12-13-39-29/h14-15,21-22,26,29H,5-13,16-19,31H2,1-4H3,(H,35,36)/t21-,22+,26-/m1/s1. The van der Waals surface area contributed by atoms with Crippen LogP contribution in [0.15, 0.2) is 12.1 Å². The summed E-state index contributed by atoms with van der Waals surface area (Å²) in [5.41, 5.74) is 6.02. The van der Waals surface area contributed by atoms with Gasteiger partial charge >= 0.3 is 5.97 Å². The SMILES string of the molecule is CCCCN(CCCCN)C(=O)CN1C[C@H](c2cc(OC)c3c(c2)OCO3)[C@@H](C(=O)O)[C@@H]1CC(C)(C)C1OCCO1. The minimum Gasteiger partial charge on any atom is -0.493 e. The lowest BCUT2D eigenvalue weighted by Crippen LogP contribution is -2.47. The summed E-state index contributed by atoms with van der Waals surface area (Å²) >= 11 is 0. The Bertz CT molecular complexity index is 1040. The summed E-state index contributed by atoms with van der Waals surface area (Å²) in [7, 11) is 1.55. The van der Waals surface area contributed by atoms with Crippen molar-refractivity contribution in [3.05, 3.63) is 17.7 Å². The number of aliphatic carboxylic acids is 1. The summed E-state index contributed by atoms with van der Waals surface area (Å²) < 4.78 is 28.5. The van der Waals surface area contributed by atoms with Crippen molar-refractivity contribution < 1.29 is 38.4 Å². The number of fused-ring (bicyclic) bond motifs is 1. The Morgan fingerprint density at radius 1 is 1.15 bits per heavy atom. The molecule has 0 saturated carbocycles. The second kappa shape index (κ2) is 14.0. The van der Waals surface area contributed by atoms with Crippen molar-refractivity contribution >= 4 is 11.9 Å². The molecule has 3 aliphatic rings. The molecule has 3 N–H and O–H groups in total. The molecule has 11 nitrogen and oxygen atoms in total. The highest BCUT2D eigenvalue weighted by Gasteiger charge is 2.51. The third-order valence-corrected chi connectivity index (χ3v) is 8.49. The number of carboxylic acids is 1. The van der Waals surface area contributed by atoms with Gasteiger partial charge in [-0.2, -0.15) is 0 Å². The molecule has 0 bridgehead atoms. The number of likely N-dealkylation sites (tertiary alicyclic amines) is 1. The number of amides is 1. The predicted molar refractivity (Wildman–Crippen MR) is 152 cm³/mol. The minimum absolute atomic E-state index is 0.0136. The van der Waals surface area contributed by atoms with E-state index in [4.69, 9.17) is 29.4 Å². The second-order valence-corrected chi connectivity index (χ2v) is 11.9. The molecule has 2 saturated heterocycles. The van der Waals surface area contributed by atoms with Gasteiger partial charge in [-0.25, -0.2) is 0 Å². The fourth-order valence-corrected chi connectivity index (χ4v) is 6.32. The quantitative estimate of drug-likeness (QED) is 0.300. The smallest absolute Gasteiger partial charge is 0.308 e. The van der Waals surface area contributed by atoms with E-state index in [0.717, 1.165) is 31.2 Å². The molecule has 0 aliphatic carbocycles. The monoisotopic (exact) mass is 577 g/mol. The molecule has 0 unspecified atom stereocenters. The molecule has 3 atom stereocenters. The molecule has 0 spiro atoms. The molecule has 0 radical (unpaired) electrons. The van der Waals surface area contributed by atoms with Gasteiger partial charge in [0.25, 0.3) is 0 Å². The number of carboxylic acid groups (broad SMARTS) is 1. The Morgan fingerprint density at radius 3 is 2.54 bits per heavy atom. The number of hydrogen-bond acceptors (Lipinski definition) is 9. The topological polar surface area (TPSA) is 133 Å². The highest BCUT2D eigenvalue weighted by atomic mass is 16.7. The zero-order chi connectivity index (χ0) is 29.6. The van der Waals surface area contributed by atoms with Crippen molar-refractivity contribution in [3.8, 4) is 17.2 Å². The van der Waals surface area contributed by atoms with Crippen LogP contribution in [0.1, 0.15) is 64.4 Å². The van der Waals surface area contributed by atoms with Crippen LogP contribution in [-0.4, -0.2) is 99.0 Å². The van der Waals surface area contributed by atoms with E-state index in [-0.39, 0.29) is 19.2 Å². The zero-order valence-corrected chi connectivity index (χ0v) is 24.9. The molecule has 3 heterocycles. The third kappa shape index (κ3) is 7.25. The molecule has 0 aromatic heterocycles. The van der Waals surface area contributed by atoms with Crippen molar-refractivity contribution in [1.82, 2.24) is 9.80 Å². The third-order valence-electron chi connectivity index (χ3n) is 8.49. The van der Waals surface area contributed by atoms with Crippen LogP contribution in [-0.2, 0) is 19.1 Å². The van der Waals surface area contributed by atoms with Crippen LogP contribution >= 0.6 is 0 Å². The highest BCUT2D eigenvalue weighted by molar-refractivity contribution is 5.79. The fraction of sp³-hybridized carbons (Fsp3) is 0.733. The van der Waals surface area contributed by atoms with Gasteiger partial charge in [0.15, 0.2) is 17.8 Å². The summed E-state index contributed by atoms with van der Waals surface area (Å²) in [6.45, 7) is 9.76. The van der Waals surface area contributed by atoms with Crippen molar-refractivity contribution in [2.75, 3.05) is 59.8 Å². The molecule has 1 aromatic rings. The van der Waals surface area contributed by atoms with E-state index in [1.807, 2.05) is 30.9 Å². The number of nitrogens with zero attached hydrogens (tertiary/aromatic N) is 2. The molecule has 230 valence electrons. The van der Waals surface area contributed by atoms with Crippen LogP contribution < -0.4 is 19.9 Å². The second-order valence-electron chi connectivity index (χ2n) is 11.9. The first kappa shape index (κ1) is 31.3. The maximum atomic E-state index is 13.7. The number of benzene rings is 1. The van der Waals surface area contributed by atoms with E-state index in [1.54, 1.807) is 7.11 Å². The Labute approximate surface area is 243 Å². The molecule has 41 heavy (non-hydrogen) atoms. The van der Waals surface area contributed by atoms with Gasteiger partial charge in [0.05, 0.1) is 32.8 Å². The van der Waals surface area contributed by atoms with E-state index >= 15 is 0 Å². The van der Waals surface area contributed by atoms with Gasteiger partial charge in [-0.05, 0) is 49.9 Å². The largest absolute Gasteiger partial charge is 0.493 e. The molecule has 4 rings (SSSR count). The lowest BCUT2D eigenvalue weighted by molar-refractivity contribution is -0.148. The Morgan fingerprint density at radius 2 is 1.88 bits per heavy atom. The van der Waals surface area contributed by atoms with Crippen LogP contribution in [0, 0.1) is 11.3 Å². The number of ether oxygens (including phenoxy) is 5. The first-order chi connectivity index (χ1) is 19.7. The summed E-state index contributed by atoms with van der Waals surface area (Å²) in [6.07, 6.45) is 3.65. The number of carbonyl (C=O) groups excluding carboxylic acids is 1. The maximum absolute atomic E-state index is 13.7. The Hall–Kier alpha value is -2.60. The van der Waals surface area contributed by atoms with Gasteiger partial charge in [0.2, 0.25) is 18.4 Å². The first-order valence-corrected chi connectivity index (χ1v) is 14.9. The van der Waals surface area contributed by atoms with Crippen LogP contribution in [0.5, 0.6) is 17.2 Å². The van der Waals surface area contributed by atoms with Crippen LogP contribution in [0.2, 0.25) is 0 Å². The van der Waals surface area contributed by atoms with Gasteiger partial charge in [-0.15, -0.1) is 0 Å². The fourth-order valence-electron chi connectivity index (χ4n) is 6.32.